The smallest absolute Gasteiger partial charge is 0.315 e. The van der Waals surface area contributed by atoms with Crippen LogP contribution in [0.4, 0.5) is 14.9 Å². The monoisotopic (exact) mass is 644 g/mol. The number of rotatable bonds is 8. The van der Waals surface area contributed by atoms with Crippen molar-refractivity contribution in [3.63, 3.8) is 0 Å². The summed E-state index contributed by atoms with van der Waals surface area (Å²) in [4.78, 5) is 27.6. The number of benzene rings is 1. The number of anilines is 1. The number of carbonyl (C=O) groups is 2. The lowest BCUT2D eigenvalue weighted by molar-refractivity contribution is 0.0387. The van der Waals surface area contributed by atoms with Crippen LogP contribution in [0.2, 0.25) is 0 Å². The number of halogens is 1. The second-order valence-electron chi connectivity index (χ2n) is 13.8. The summed E-state index contributed by atoms with van der Waals surface area (Å²) in [6.07, 6.45) is 5.66. The molecule has 45 heavy (non-hydrogen) atoms. The third-order valence-electron chi connectivity index (χ3n) is 9.62. The number of nitrogens with zero attached hydrogens (tertiary/aromatic N) is 2. The molecule has 0 bridgehead atoms. The van der Waals surface area contributed by atoms with Crippen LogP contribution in [0.25, 0.3) is 5.69 Å². The van der Waals surface area contributed by atoms with Gasteiger partial charge in [0, 0.05) is 49.7 Å². The van der Waals surface area contributed by atoms with Crippen LogP contribution >= 0.6 is 0 Å². The van der Waals surface area contributed by atoms with Crippen LogP contribution in [0, 0.1) is 11.2 Å². The van der Waals surface area contributed by atoms with Gasteiger partial charge in [0.2, 0.25) is 0 Å². The molecule has 1 aromatic carbocycles. The van der Waals surface area contributed by atoms with Gasteiger partial charge in [-0.15, -0.1) is 0 Å². The third kappa shape index (κ3) is 6.71. The molecule has 0 atom stereocenters. The minimum Gasteiger partial charge on any atom is -0.382 e. The van der Waals surface area contributed by atoms with Crippen molar-refractivity contribution >= 4 is 27.5 Å². The first-order valence-electron chi connectivity index (χ1n) is 16.1. The molecule has 1 aromatic heterocycles. The number of morpholine rings is 1. The van der Waals surface area contributed by atoms with Gasteiger partial charge in [0.1, 0.15) is 5.82 Å². The second kappa shape index (κ2) is 12.6. The van der Waals surface area contributed by atoms with E-state index in [0.29, 0.717) is 60.6 Å². The third-order valence-corrected chi connectivity index (χ3v) is 11.9. The number of ether oxygens (including phenoxy) is 1. The molecule has 11 nitrogen and oxygen atoms in total. The second-order valence-corrected chi connectivity index (χ2v) is 15.7. The van der Waals surface area contributed by atoms with Gasteiger partial charge in [-0.25, -0.2) is 17.6 Å². The average Bonchev–Trinajstić information content (AvgIpc) is 3.53. The van der Waals surface area contributed by atoms with Gasteiger partial charge in [-0.3, -0.25) is 9.69 Å². The van der Waals surface area contributed by atoms with Crippen LogP contribution in [0.3, 0.4) is 0 Å². The van der Waals surface area contributed by atoms with Gasteiger partial charge in [0.15, 0.2) is 9.84 Å². The number of nitrogens with two attached hydrogens (primary N) is 1. The number of aromatic nitrogens is 1. The minimum absolute atomic E-state index is 0.0180. The van der Waals surface area contributed by atoms with Crippen molar-refractivity contribution in [2.75, 3.05) is 50.5 Å². The Kier molecular flexibility index (Phi) is 8.88. The Balaban J connectivity index is 1.17. The predicted molar refractivity (Wildman–Crippen MR) is 169 cm³/mol. The Bertz CT molecular complexity index is 1570. The summed E-state index contributed by atoms with van der Waals surface area (Å²) in [6.45, 7) is 8.44. The molecule has 246 valence electrons. The van der Waals surface area contributed by atoms with Crippen LogP contribution in [-0.4, -0.2) is 87.1 Å². The van der Waals surface area contributed by atoms with Crippen molar-refractivity contribution in [3.05, 3.63) is 40.5 Å². The largest absolute Gasteiger partial charge is 0.382 e. The van der Waals surface area contributed by atoms with E-state index in [4.69, 9.17) is 10.5 Å². The maximum atomic E-state index is 15.7. The summed E-state index contributed by atoms with van der Waals surface area (Å²) in [5, 5.41) is 9.39. The zero-order valence-electron chi connectivity index (χ0n) is 26.2. The van der Waals surface area contributed by atoms with Crippen molar-refractivity contribution in [1.82, 2.24) is 20.1 Å². The van der Waals surface area contributed by atoms with Gasteiger partial charge in [0.05, 0.1) is 40.8 Å². The molecule has 0 unspecified atom stereocenters. The number of urea groups is 1. The van der Waals surface area contributed by atoms with E-state index in [2.05, 4.69) is 20.9 Å². The van der Waals surface area contributed by atoms with E-state index < -0.39 is 27.0 Å². The van der Waals surface area contributed by atoms with E-state index in [9.17, 15) is 18.0 Å². The fraction of sp³-hybridized carbons (Fsp3) is 0.625. The lowest BCUT2D eigenvalue weighted by atomic mass is 9.89. The zero-order chi connectivity index (χ0) is 31.9. The van der Waals surface area contributed by atoms with Crippen molar-refractivity contribution < 1.29 is 27.1 Å². The number of fused-ring (bicyclic) bond motifs is 3. The van der Waals surface area contributed by atoms with Gasteiger partial charge in [-0.05, 0) is 74.5 Å². The van der Waals surface area contributed by atoms with Crippen molar-refractivity contribution in [2.45, 2.75) is 82.2 Å². The highest BCUT2D eigenvalue weighted by Crippen LogP contribution is 2.45. The zero-order valence-corrected chi connectivity index (χ0v) is 27.0. The summed E-state index contributed by atoms with van der Waals surface area (Å²) >= 11 is 0. The molecular weight excluding hydrogens is 599 g/mol. The molecule has 2 fully saturated rings. The van der Waals surface area contributed by atoms with Crippen molar-refractivity contribution in [3.8, 4) is 5.69 Å². The molecule has 2 aliphatic heterocycles. The van der Waals surface area contributed by atoms with Gasteiger partial charge in [-0.2, -0.15) is 0 Å². The van der Waals surface area contributed by atoms with E-state index in [1.807, 2.05) is 18.4 Å². The van der Waals surface area contributed by atoms with Crippen LogP contribution in [-0.2, 0) is 33.8 Å². The van der Waals surface area contributed by atoms with Crippen LogP contribution in [0.1, 0.15) is 73.3 Å². The van der Waals surface area contributed by atoms with Crippen LogP contribution in [0.15, 0.2) is 17.0 Å². The highest BCUT2D eigenvalue weighted by molar-refractivity contribution is 7.91. The SMILES string of the molecule is CC1(C)Cc2c(c3c(n2-c2cc(F)c(C(N)=O)c(N[C@H]4CC[C@H](NC(=O)NCCN5CCOCC5)CC4)c2)CCC3)S(=O)(=O)C1. The van der Waals surface area contributed by atoms with E-state index >= 15 is 4.39 Å². The minimum atomic E-state index is -3.50. The molecule has 3 amide bonds. The van der Waals surface area contributed by atoms with Gasteiger partial charge in [0.25, 0.3) is 5.91 Å². The highest BCUT2D eigenvalue weighted by Gasteiger charge is 2.42. The molecule has 0 spiro atoms. The fourth-order valence-electron chi connectivity index (χ4n) is 7.66. The predicted octanol–water partition coefficient (Wildman–Crippen LogP) is 2.91. The average molecular weight is 645 g/mol. The van der Waals surface area contributed by atoms with Crippen LogP contribution in [0.5, 0.6) is 0 Å². The summed E-state index contributed by atoms with van der Waals surface area (Å²) in [5.41, 5.74) is 8.25. The summed E-state index contributed by atoms with van der Waals surface area (Å²) < 4.78 is 49.9. The molecule has 3 heterocycles. The van der Waals surface area contributed by atoms with E-state index in [-0.39, 0.29) is 29.4 Å². The molecule has 5 N–H and O–H groups in total. The first-order valence-corrected chi connectivity index (χ1v) is 17.8. The highest BCUT2D eigenvalue weighted by atomic mass is 32.2. The standard InChI is InChI=1S/C32H45FN6O5S/c1-32(2)18-27-29(45(42,43)19-32)23-4-3-5-26(23)39(27)22-16-24(33)28(30(34)40)25(17-22)36-20-6-8-21(9-7-20)37-31(41)35-10-11-38-12-14-44-15-13-38/h16-17,20-21,36H,3-15,18-19H2,1-2H3,(H2,34,40)(H2,35,37,41)/t20-,21-. The number of carbonyl (C=O) groups excluding carboxylic acids is 2. The molecular formula is C32H45FN6O5S. The fourth-order valence-corrected chi connectivity index (χ4v) is 10.1. The quantitative estimate of drug-likeness (QED) is 0.346. The number of hydrogen-bond donors (Lipinski definition) is 4. The molecule has 1 saturated heterocycles. The summed E-state index contributed by atoms with van der Waals surface area (Å²) in [7, 11) is -3.50. The number of hydrogen-bond acceptors (Lipinski definition) is 7. The van der Waals surface area contributed by atoms with Crippen molar-refractivity contribution in [2.24, 2.45) is 11.1 Å². The molecule has 2 aromatic rings. The van der Waals surface area contributed by atoms with Crippen LogP contribution < -0.4 is 21.7 Å². The first-order chi connectivity index (χ1) is 21.4. The van der Waals surface area contributed by atoms with E-state index in [0.717, 1.165) is 63.4 Å². The number of primary amides is 1. The molecule has 6 rings (SSSR count). The Hall–Kier alpha value is -3.16. The van der Waals surface area contributed by atoms with Gasteiger partial charge in [-0.1, -0.05) is 13.8 Å². The maximum absolute atomic E-state index is 15.7. The van der Waals surface area contributed by atoms with Crippen molar-refractivity contribution in [1.29, 1.82) is 0 Å². The van der Waals surface area contributed by atoms with E-state index in [1.54, 1.807) is 6.07 Å². The summed E-state index contributed by atoms with van der Waals surface area (Å²) in [6, 6.07) is 2.82. The van der Waals surface area contributed by atoms with Gasteiger partial charge >= 0.3 is 6.03 Å². The lowest BCUT2D eigenvalue weighted by Gasteiger charge is -2.32. The Morgan fingerprint density at radius 3 is 2.49 bits per heavy atom. The van der Waals surface area contributed by atoms with E-state index in [1.165, 1.54) is 6.07 Å². The van der Waals surface area contributed by atoms with Gasteiger partial charge < -0.3 is 31.0 Å². The molecule has 4 aliphatic rings. The molecule has 0 radical (unpaired) electrons. The number of sulfone groups is 1. The topological polar surface area (TPSA) is 148 Å². The Morgan fingerprint density at radius 1 is 1.07 bits per heavy atom. The Labute approximate surface area is 264 Å². The number of nitrogens with one attached hydrogen (secondary N) is 3. The lowest BCUT2D eigenvalue weighted by Crippen LogP contribution is -2.47. The maximum Gasteiger partial charge on any atom is 0.315 e. The first kappa shape index (κ1) is 31.8. The molecule has 2 aliphatic carbocycles. The molecule has 13 heteroatoms. The summed E-state index contributed by atoms with van der Waals surface area (Å²) in [5.74, 6) is -1.52. The number of amides is 3. The Morgan fingerprint density at radius 2 is 1.78 bits per heavy atom. The molecule has 1 saturated carbocycles. The normalized spacial score (nSPS) is 24.0.